The highest BCUT2D eigenvalue weighted by Crippen LogP contribution is 1.99. The Hall–Kier alpha value is -1.14. The molecule has 0 aromatic carbocycles. The summed E-state index contributed by atoms with van der Waals surface area (Å²) in [7, 11) is 4.84. The summed E-state index contributed by atoms with van der Waals surface area (Å²) < 4.78 is 4.90. The monoisotopic (exact) mass is 246 g/mol. The van der Waals surface area contributed by atoms with Crippen molar-refractivity contribution in [2.75, 3.05) is 47.5 Å². The standard InChI is InChI=1S/C11H22N2O4/c1-12(2)11(16)9-13(6-8-17-3)10(15)5-4-7-14/h14H,4-9H2,1-3H3. The Morgan fingerprint density at radius 2 is 1.88 bits per heavy atom. The first-order valence-corrected chi connectivity index (χ1v) is 5.60. The largest absolute Gasteiger partial charge is 0.396 e. The van der Waals surface area contributed by atoms with Crippen molar-refractivity contribution < 1.29 is 19.4 Å². The van der Waals surface area contributed by atoms with Crippen molar-refractivity contribution in [3.8, 4) is 0 Å². The van der Waals surface area contributed by atoms with E-state index in [1.807, 2.05) is 0 Å². The van der Waals surface area contributed by atoms with Gasteiger partial charge >= 0.3 is 0 Å². The highest BCUT2D eigenvalue weighted by Gasteiger charge is 2.17. The summed E-state index contributed by atoms with van der Waals surface area (Å²) in [6, 6.07) is 0. The zero-order chi connectivity index (χ0) is 13.3. The van der Waals surface area contributed by atoms with Crippen LogP contribution in [-0.4, -0.2) is 74.2 Å². The molecule has 0 aliphatic heterocycles. The third-order valence-corrected chi connectivity index (χ3v) is 2.29. The van der Waals surface area contributed by atoms with E-state index in [0.717, 1.165) is 0 Å². The molecule has 0 aliphatic rings. The minimum atomic E-state index is -0.133. The van der Waals surface area contributed by atoms with Gasteiger partial charge in [0.05, 0.1) is 13.2 Å². The van der Waals surface area contributed by atoms with Crippen LogP contribution in [0.15, 0.2) is 0 Å². The first kappa shape index (κ1) is 15.9. The molecule has 0 atom stereocenters. The third-order valence-electron chi connectivity index (χ3n) is 2.29. The summed E-state index contributed by atoms with van der Waals surface area (Å²) in [5.74, 6) is -0.259. The summed E-state index contributed by atoms with van der Waals surface area (Å²) in [5, 5.41) is 8.67. The highest BCUT2D eigenvalue weighted by molar-refractivity contribution is 5.84. The lowest BCUT2D eigenvalue weighted by Gasteiger charge is -2.23. The number of nitrogens with zero attached hydrogens (tertiary/aromatic N) is 2. The molecular weight excluding hydrogens is 224 g/mol. The smallest absolute Gasteiger partial charge is 0.241 e. The van der Waals surface area contributed by atoms with E-state index < -0.39 is 0 Å². The molecule has 0 fully saturated rings. The van der Waals surface area contributed by atoms with Crippen molar-refractivity contribution in [2.45, 2.75) is 12.8 Å². The van der Waals surface area contributed by atoms with Crippen molar-refractivity contribution in [3.05, 3.63) is 0 Å². The zero-order valence-corrected chi connectivity index (χ0v) is 10.8. The Morgan fingerprint density at radius 1 is 1.24 bits per heavy atom. The van der Waals surface area contributed by atoms with Crippen LogP contribution < -0.4 is 0 Å². The van der Waals surface area contributed by atoms with E-state index in [1.165, 1.54) is 9.80 Å². The first-order chi connectivity index (χ1) is 8.02. The van der Waals surface area contributed by atoms with E-state index in [2.05, 4.69) is 0 Å². The molecule has 1 N–H and O–H groups in total. The van der Waals surface area contributed by atoms with E-state index in [-0.39, 0.29) is 31.4 Å². The number of carbonyl (C=O) groups excluding carboxylic acids is 2. The predicted octanol–water partition coefficient (Wildman–Crippen LogP) is -0.678. The maximum atomic E-state index is 11.8. The number of ether oxygens (including phenoxy) is 1. The van der Waals surface area contributed by atoms with Gasteiger partial charge in [0.1, 0.15) is 0 Å². The Morgan fingerprint density at radius 3 is 2.35 bits per heavy atom. The van der Waals surface area contributed by atoms with Crippen molar-refractivity contribution >= 4 is 11.8 Å². The molecule has 0 rings (SSSR count). The lowest BCUT2D eigenvalue weighted by atomic mass is 10.2. The Labute approximate surface area is 102 Å². The average Bonchev–Trinajstić information content (AvgIpc) is 2.30. The normalized spacial score (nSPS) is 10.1. The molecule has 2 amide bonds. The number of rotatable bonds is 8. The minimum Gasteiger partial charge on any atom is -0.396 e. The number of aliphatic hydroxyl groups is 1. The molecule has 0 unspecified atom stereocenters. The number of aliphatic hydroxyl groups excluding tert-OH is 1. The van der Waals surface area contributed by atoms with Gasteiger partial charge in [0.15, 0.2) is 0 Å². The summed E-state index contributed by atoms with van der Waals surface area (Å²) in [5.41, 5.74) is 0. The molecule has 0 heterocycles. The van der Waals surface area contributed by atoms with Crippen LogP contribution in [0, 0.1) is 0 Å². The highest BCUT2D eigenvalue weighted by atomic mass is 16.5. The summed E-state index contributed by atoms with van der Waals surface area (Å²) in [4.78, 5) is 26.2. The molecule has 0 bridgehead atoms. The fraction of sp³-hybridized carbons (Fsp3) is 0.818. The van der Waals surface area contributed by atoms with Crippen molar-refractivity contribution in [2.24, 2.45) is 0 Å². The predicted molar refractivity (Wildman–Crippen MR) is 63.5 cm³/mol. The summed E-state index contributed by atoms with van der Waals surface area (Å²) >= 11 is 0. The van der Waals surface area contributed by atoms with Gasteiger partial charge in [-0.25, -0.2) is 0 Å². The number of methoxy groups -OCH3 is 1. The number of hydrogen-bond acceptors (Lipinski definition) is 4. The van der Waals surface area contributed by atoms with Crippen molar-refractivity contribution in [3.63, 3.8) is 0 Å². The van der Waals surface area contributed by atoms with Crippen LogP contribution in [0.5, 0.6) is 0 Å². The van der Waals surface area contributed by atoms with Crippen LogP contribution in [-0.2, 0) is 14.3 Å². The van der Waals surface area contributed by atoms with Gasteiger partial charge in [0, 0.05) is 40.8 Å². The van der Waals surface area contributed by atoms with Crippen LogP contribution in [0.3, 0.4) is 0 Å². The summed E-state index contributed by atoms with van der Waals surface area (Å²) in [6.07, 6.45) is 0.666. The van der Waals surface area contributed by atoms with Crippen LogP contribution >= 0.6 is 0 Å². The third kappa shape index (κ3) is 6.91. The Bertz CT molecular complexity index is 244. The SMILES string of the molecule is COCCN(CC(=O)N(C)C)C(=O)CCCO. The van der Waals surface area contributed by atoms with E-state index >= 15 is 0 Å². The second-order valence-corrected chi connectivity index (χ2v) is 3.92. The van der Waals surface area contributed by atoms with E-state index in [0.29, 0.717) is 19.6 Å². The van der Waals surface area contributed by atoms with Gasteiger partial charge < -0.3 is 19.6 Å². The van der Waals surface area contributed by atoms with Gasteiger partial charge in [0.25, 0.3) is 0 Å². The van der Waals surface area contributed by atoms with Gasteiger partial charge in [-0.3, -0.25) is 9.59 Å². The Kier molecular flexibility index (Phi) is 8.35. The van der Waals surface area contributed by atoms with Crippen LogP contribution in [0.2, 0.25) is 0 Å². The van der Waals surface area contributed by atoms with Crippen LogP contribution in [0.4, 0.5) is 0 Å². The number of likely N-dealkylation sites (N-methyl/N-ethyl adjacent to an activating group) is 1. The molecule has 0 aromatic rings. The van der Waals surface area contributed by atoms with Gasteiger partial charge in [-0.2, -0.15) is 0 Å². The molecule has 100 valence electrons. The van der Waals surface area contributed by atoms with Crippen molar-refractivity contribution in [1.29, 1.82) is 0 Å². The number of amides is 2. The molecular formula is C11H22N2O4. The van der Waals surface area contributed by atoms with E-state index in [4.69, 9.17) is 9.84 Å². The molecule has 6 heteroatoms. The molecule has 0 aliphatic carbocycles. The average molecular weight is 246 g/mol. The topological polar surface area (TPSA) is 70.1 Å². The second-order valence-electron chi connectivity index (χ2n) is 3.92. The first-order valence-electron chi connectivity index (χ1n) is 5.60. The molecule has 0 saturated heterocycles. The van der Waals surface area contributed by atoms with Gasteiger partial charge in [-0.1, -0.05) is 0 Å². The zero-order valence-electron chi connectivity index (χ0n) is 10.8. The molecule has 17 heavy (non-hydrogen) atoms. The number of carbonyl (C=O) groups is 2. The molecule has 0 spiro atoms. The fourth-order valence-corrected chi connectivity index (χ4v) is 1.19. The molecule has 0 radical (unpaired) electrons. The number of hydrogen-bond donors (Lipinski definition) is 1. The maximum absolute atomic E-state index is 11.8. The lowest BCUT2D eigenvalue weighted by molar-refractivity contribution is -0.139. The molecule has 0 saturated carbocycles. The van der Waals surface area contributed by atoms with Crippen LogP contribution in [0.1, 0.15) is 12.8 Å². The second kappa shape index (κ2) is 8.95. The van der Waals surface area contributed by atoms with Crippen molar-refractivity contribution in [1.82, 2.24) is 9.80 Å². The summed E-state index contributed by atoms with van der Waals surface area (Å²) in [6.45, 7) is 0.817. The minimum absolute atomic E-state index is 0.0223. The van der Waals surface area contributed by atoms with E-state index in [9.17, 15) is 9.59 Å². The Balaban J connectivity index is 4.30. The fourth-order valence-electron chi connectivity index (χ4n) is 1.19. The van der Waals surface area contributed by atoms with Crippen LogP contribution in [0.25, 0.3) is 0 Å². The van der Waals surface area contributed by atoms with Gasteiger partial charge in [-0.15, -0.1) is 0 Å². The molecule has 6 nitrogen and oxygen atoms in total. The quantitative estimate of drug-likeness (QED) is 0.616. The van der Waals surface area contributed by atoms with Gasteiger partial charge in [0.2, 0.25) is 11.8 Å². The maximum Gasteiger partial charge on any atom is 0.241 e. The molecule has 0 aromatic heterocycles. The lowest BCUT2D eigenvalue weighted by Crippen LogP contribution is -2.41. The van der Waals surface area contributed by atoms with Gasteiger partial charge in [-0.05, 0) is 6.42 Å². The van der Waals surface area contributed by atoms with E-state index in [1.54, 1.807) is 21.2 Å².